The number of halogens is 1. The highest BCUT2D eigenvalue weighted by Gasteiger charge is 2.16. The Balaban J connectivity index is 1.53. The highest BCUT2D eigenvalue weighted by atomic mass is 35.5. The van der Waals surface area contributed by atoms with Crippen LogP contribution >= 0.6 is 23.8 Å². The van der Waals surface area contributed by atoms with Crippen molar-refractivity contribution in [2.45, 2.75) is 6.61 Å². The lowest BCUT2D eigenvalue weighted by atomic mass is 10.1. The van der Waals surface area contributed by atoms with Gasteiger partial charge in [0.2, 0.25) is 0 Å². The zero-order valence-electron chi connectivity index (χ0n) is 17.0. The van der Waals surface area contributed by atoms with Crippen LogP contribution in [-0.4, -0.2) is 23.2 Å². The number of aliphatic hydroxyl groups is 1. The monoisotopic (exact) mass is 466 g/mol. The van der Waals surface area contributed by atoms with Crippen LogP contribution < -0.4 is 15.4 Å². The normalized spacial score (nSPS) is 10.7. The number of ether oxygens (including phenoxy) is 1. The molecule has 0 saturated carbocycles. The summed E-state index contributed by atoms with van der Waals surface area (Å²) in [7, 11) is 1.51. The molecule has 32 heavy (non-hydrogen) atoms. The second kappa shape index (κ2) is 9.40. The number of methoxy groups -OCH3 is 1. The number of aliphatic hydroxyl groups excluding tert-OH is 1. The molecule has 0 radical (unpaired) electrons. The lowest BCUT2D eigenvalue weighted by molar-refractivity contribution is 0.0975. The van der Waals surface area contributed by atoms with Gasteiger partial charge in [0.05, 0.1) is 23.4 Å². The molecule has 1 amide bonds. The van der Waals surface area contributed by atoms with Gasteiger partial charge < -0.3 is 19.6 Å². The molecule has 1 heterocycles. The summed E-state index contributed by atoms with van der Waals surface area (Å²) < 4.78 is 11.0. The molecule has 0 aliphatic rings. The second-order valence-corrected chi connectivity index (χ2v) is 7.74. The van der Waals surface area contributed by atoms with Crippen LogP contribution in [-0.2, 0) is 6.61 Å². The minimum Gasteiger partial charge on any atom is -0.496 e. The second-order valence-electron chi connectivity index (χ2n) is 6.93. The molecule has 0 aliphatic carbocycles. The average Bonchev–Trinajstić information content (AvgIpc) is 3.29. The molecule has 6 nitrogen and oxygen atoms in total. The van der Waals surface area contributed by atoms with Crippen LogP contribution in [0.1, 0.15) is 16.1 Å². The lowest BCUT2D eigenvalue weighted by Crippen LogP contribution is -2.34. The van der Waals surface area contributed by atoms with Crippen molar-refractivity contribution in [2.24, 2.45) is 0 Å². The zero-order valence-corrected chi connectivity index (χ0v) is 18.6. The predicted octanol–water partition coefficient (Wildman–Crippen LogP) is 5.38. The highest BCUT2D eigenvalue weighted by Crippen LogP contribution is 2.30. The Labute approximate surface area is 194 Å². The summed E-state index contributed by atoms with van der Waals surface area (Å²) in [5, 5.41) is 17.2. The maximum atomic E-state index is 12.9. The van der Waals surface area contributed by atoms with Gasteiger partial charge in [-0.1, -0.05) is 35.9 Å². The van der Waals surface area contributed by atoms with Gasteiger partial charge in [0.15, 0.2) is 5.11 Å². The Kier molecular flexibility index (Phi) is 6.41. The first-order valence-corrected chi connectivity index (χ1v) is 10.5. The van der Waals surface area contributed by atoms with E-state index in [-0.39, 0.29) is 11.7 Å². The van der Waals surface area contributed by atoms with E-state index < -0.39 is 5.91 Å². The smallest absolute Gasteiger partial charge is 0.261 e. The molecule has 4 aromatic rings. The van der Waals surface area contributed by atoms with Crippen molar-refractivity contribution < 1.29 is 19.1 Å². The van der Waals surface area contributed by atoms with Gasteiger partial charge in [0.25, 0.3) is 5.91 Å². The maximum Gasteiger partial charge on any atom is 0.261 e. The Hall–Kier alpha value is -3.39. The molecular formula is C24H19ClN2O4S. The van der Waals surface area contributed by atoms with E-state index in [1.165, 1.54) is 7.11 Å². The number of anilines is 1. The van der Waals surface area contributed by atoms with Crippen molar-refractivity contribution >= 4 is 51.3 Å². The molecule has 0 saturated heterocycles. The first kappa shape index (κ1) is 21.8. The fourth-order valence-electron chi connectivity index (χ4n) is 3.28. The predicted molar refractivity (Wildman–Crippen MR) is 129 cm³/mol. The van der Waals surface area contributed by atoms with Crippen LogP contribution in [0.25, 0.3) is 22.1 Å². The van der Waals surface area contributed by atoms with Gasteiger partial charge in [-0.25, -0.2) is 0 Å². The summed E-state index contributed by atoms with van der Waals surface area (Å²) in [6.07, 6.45) is 0. The molecule has 0 unspecified atom stereocenters. The van der Waals surface area contributed by atoms with E-state index in [1.54, 1.807) is 36.4 Å². The van der Waals surface area contributed by atoms with Crippen LogP contribution in [0.3, 0.4) is 0 Å². The molecule has 0 aliphatic heterocycles. The Morgan fingerprint density at radius 1 is 1.09 bits per heavy atom. The summed E-state index contributed by atoms with van der Waals surface area (Å²) in [5.74, 6) is 1.07. The quantitative estimate of drug-likeness (QED) is 0.342. The van der Waals surface area contributed by atoms with Crippen LogP contribution in [0.4, 0.5) is 5.69 Å². The molecule has 0 fully saturated rings. The van der Waals surface area contributed by atoms with Gasteiger partial charge in [-0.2, -0.15) is 0 Å². The topological polar surface area (TPSA) is 83.7 Å². The number of hydrogen-bond donors (Lipinski definition) is 3. The van der Waals surface area contributed by atoms with Crippen molar-refractivity contribution in [3.05, 3.63) is 83.1 Å². The summed E-state index contributed by atoms with van der Waals surface area (Å²) in [5.41, 5.74) is 1.60. The van der Waals surface area contributed by atoms with E-state index in [1.807, 2.05) is 30.3 Å². The molecule has 0 atom stereocenters. The number of rotatable bonds is 5. The van der Waals surface area contributed by atoms with Gasteiger partial charge in [-0.05, 0) is 65.5 Å². The number of carbonyl (C=O) groups is 1. The van der Waals surface area contributed by atoms with Crippen LogP contribution in [0.2, 0.25) is 5.02 Å². The van der Waals surface area contributed by atoms with E-state index in [4.69, 9.17) is 33.0 Å². The van der Waals surface area contributed by atoms with Gasteiger partial charge in [0, 0.05) is 5.56 Å². The van der Waals surface area contributed by atoms with Gasteiger partial charge >= 0.3 is 0 Å². The molecule has 0 bridgehead atoms. The molecule has 3 aromatic carbocycles. The lowest BCUT2D eigenvalue weighted by Gasteiger charge is -2.14. The van der Waals surface area contributed by atoms with Crippen LogP contribution in [0.15, 0.2) is 71.1 Å². The first-order chi connectivity index (χ1) is 15.5. The summed E-state index contributed by atoms with van der Waals surface area (Å²) in [4.78, 5) is 12.9. The summed E-state index contributed by atoms with van der Waals surface area (Å²) in [6.45, 7) is -0.187. The standard InChI is InChI=1S/C24H19ClN2O4S/c1-30-22-12-15-5-3-2-4-14(15)10-18(22)23(29)27-24(32)26-20-11-16(6-8-19(20)25)21-9-7-17(13-28)31-21/h2-12,28H,13H2,1H3,(H2,26,27,29,32). The maximum absolute atomic E-state index is 12.9. The van der Waals surface area contributed by atoms with E-state index in [0.717, 1.165) is 16.3 Å². The van der Waals surface area contributed by atoms with Crippen molar-refractivity contribution in [3.8, 4) is 17.1 Å². The number of fused-ring (bicyclic) bond motifs is 1. The molecule has 8 heteroatoms. The Bertz CT molecular complexity index is 1320. The van der Waals surface area contributed by atoms with Crippen molar-refractivity contribution in [2.75, 3.05) is 12.4 Å². The van der Waals surface area contributed by atoms with Crippen molar-refractivity contribution in [1.82, 2.24) is 5.32 Å². The molecule has 1 aromatic heterocycles. The zero-order chi connectivity index (χ0) is 22.7. The highest BCUT2D eigenvalue weighted by molar-refractivity contribution is 7.80. The van der Waals surface area contributed by atoms with Crippen molar-refractivity contribution in [1.29, 1.82) is 0 Å². The van der Waals surface area contributed by atoms with Gasteiger partial charge in [0.1, 0.15) is 23.9 Å². The van der Waals surface area contributed by atoms with E-state index >= 15 is 0 Å². The van der Waals surface area contributed by atoms with E-state index in [2.05, 4.69) is 10.6 Å². The number of nitrogens with one attached hydrogen (secondary N) is 2. The Morgan fingerprint density at radius 3 is 2.53 bits per heavy atom. The number of thiocarbonyl (C=S) groups is 1. The summed E-state index contributed by atoms with van der Waals surface area (Å²) in [6, 6.07) is 19.9. The number of furan rings is 1. The number of benzene rings is 3. The summed E-state index contributed by atoms with van der Waals surface area (Å²) >= 11 is 11.6. The fraction of sp³-hybridized carbons (Fsp3) is 0.0833. The first-order valence-electron chi connectivity index (χ1n) is 9.67. The average molecular weight is 467 g/mol. The fourth-order valence-corrected chi connectivity index (χ4v) is 3.65. The largest absolute Gasteiger partial charge is 0.496 e. The molecule has 162 valence electrons. The third kappa shape index (κ3) is 4.60. The minimum absolute atomic E-state index is 0.0831. The third-order valence-corrected chi connectivity index (χ3v) is 5.39. The number of carbonyl (C=O) groups excluding carboxylic acids is 1. The van der Waals surface area contributed by atoms with Crippen LogP contribution in [0.5, 0.6) is 5.75 Å². The minimum atomic E-state index is -0.406. The van der Waals surface area contributed by atoms with E-state index in [0.29, 0.717) is 33.5 Å². The Morgan fingerprint density at radius 2 is 1.84 bits per heavy atom. The molecule has 0 spiro atoms. The van der Waals surface area contributed by atoms with Gasteiger partial charge in [-0.3, -0.25) is 10.1 Å². The van der Waals surface area contributed by atoms with Gasteiger partial charge in [-0.15, -0.1) is 0 Å². The molecule has 3 N–H and O–H groups in total. The molecule has 4 rings (SSSR count). The number of amides is 1. The SMILES string of the molecule is COc1cc2ccccc2cc1C(=O)NC(=S)Nc1cc(-c2ccc(CO)o2)ccc1Cl. The van der Waals surface area contributed by atoms with E-state index in [9.17, 15) is 9.90 Å². The number of hydrogen-bond acceptors (Lipinski definition) is 5. The van der Waals surface area contributed by atoms with Crippen LogP contribution in [0, 0.1) is 0 Å². The third-order valence-electron chi connectivity index (χ3n) is 4.86. The van der Waals surface area contributed by atoms with Crippen molar-refractivity contribution in [3.63, 3.8) is 0 Å². The molecular weight excluding hydrogens is 448 g/mol.